The lowest BCUT2D eigenvalue weighted by molar-refractivity contribution is -0.145. The van der Waals surface area contributed by atoms with Gasteiger partial charge >= 0.3 is 5.97 Å². The zero-order chi connectivity index (χ0) is 19.5. The molecule has 0 aliphatic carbocycles. The minimum absolute atomic E-state index is 0.194. The second-order valence-electron chi connectivity index (χ2n) is 6.38. The smallest absolute Gasteiger partial charge is 0.306 e. The zero-order valence-corrected chi connectivity index (χ0v) is 16.5. The number of hydrogen-bond acceptors (Lipinski definition) is 6. The lowest BCUT2D eigenvalue weighted by atomic mass is 10.2. The van der Waals surface area contributed by atoms with E-state index in [0.717, 1.165) is 22.5 Å². The highest BCUT2D eigenvalue weighted by molar-refractivity contribution is 8.02. The molecule has 0 fully saturated rings. The van der Waals surface area contributed by atoms with Crippen molar-refractivity contribution < 1.29 is 9.53 Å². The van der Waals surface area contributed by atoms with E-state index in [4.69, 9.17) is 10.1 Å². The molecular weight excluding hydrogens is 360 g/mol. The van der Waals surface area contributed by atoms with Crippen LogP contribution in [0.2, 0.25) is 0 Å². The zero-order valence-electron chi connectivity index (χ0n) is 15.7. The van der Waals surface area contributed by atoms with Gasteiger partial charge in [0.05, 0.1) is 10.6 Å². The van der Waals surface area contributed by atoms with E-state index in [-0.39, 0.29) is 5.97 Å². The first-order valence-electron chi connectivity index (χ1n) is 8.94. The number of ether oxygens (including phenoxy) is 1. The molecule has 0 atom stereocenters. The molecule has 6 nitrogen and oxygen atoms in total. The largest absolute Gasteiger partial charge is 0.461 e. The van der Waals surface area contributed by atoms with E-state index in [2.05, 4.69) is 29.7 Å². The van der Waals surface area contributed by atoms with E-state index in [9.17, 15) is 4.79 Å². The fourth-order valence-electron chi connectivity index (χ4n) is 2.28. The monoisotopic (exact) mass is 386 g/mol. The Morgan fingerprint density at radius 2 is 2.15 bits per heavy atom. The standard InChI is InChI=1S/C20H26N4O2S/c1-16(2)10-11-18(22-15-21)19-13-24(23-27-19)12-6-9-20(25)26-14-17-7-4-3-5-8-17/h3-5,7-8,10-11,13,15-16,21,23H,6,9,12,14H2,1-2H3/b11-10-,21-15?,22-18?. The minimum atomic E-state index is -0.194. The molecular formula is C20H26N4O2S. The van der Waals surface area contributed by atoms with Crippen molar-refractivity contribution in [2.45, 2.75) is 33.3 Å². The van der Waals surface area contributed by atoms with E-state index < -0.39 is 0 Å². The average molecular weight is 387 g/mol. The number of benzene rings is 1. The Hall–Kier alpha value is -2.38. The molecule has 0 unspecified atom stereocenters. The Labute approximate surface area is 165 Å². The Balaban J connectivity index is 1.75. The van der Waals surface area contributed by atoms with Crippen LogP contribution in [-0.2, 0) is 16.1 Å². The summed E-state index contributed by atoms with van der Waals surface area (Å²) in [6, 6.07) is 9.66. The van der Waals surface area contributed by atoms with Crippen LogP contribution >= 0.6 is 11.9 Å². The fraction of sp³-hybridized carbons (Fsp3) is 0.350. The average Bonchev–Trinajstić information content (AvgIpc) is 3.13. The van der Waals surface area contributed by atoms with Crippen molar-refractivity contribution in [2.24, 2.45) is 10.9 Å². The Kier molecular flexibility index (Phi) is 8.80. The number of carbonyl (C=O) groups excluding carboxylic acids is 1. The van der Waals surface area contributed by atoms with Crippen molar-refractivity contribution in [3.63, 3.8) is 0 Å². The van der Waals surface area contributed by atoms with Crippen molar-refractivity contribution in [1.82, 2.24) is 9.84 Å². The van der Waals surface area contributed by atoms with Gasteiger partial charge in [-0.2, -0.15) is 4.83 Å². The third-order valence-electron chi connectivity index (χ3n) is 3.66. The lowest BCUT2D eigenvalue weighted by Gasteiger charge is -2.13. The van der Waals surface area contributed by atoms with E-state index >= 15 is 0 Å². The Morgan fingerprint density at radius 3 is 2.85 bits per heavy atom. The Morgan fingerprint density at radius 1 is 1.37 bits per heavy atom. The first kappa shape index (κ1) is 20.9. The first-order valence-corrected chi connectivity index (χ1v) is 9.76. The van der Waals surface area contributed by atoms with E-state index in [0.29, 0.717) is 31.9 Å². The Bertz CT molecular complexity index is 714. The maximum atomic E-state index is 11.9. The fourth-order valence-corrected chi connectivity index (χ4v) is 3.04. The van der Waals surface area contributed by atoms with Crippen LogP contribution in [0.15, 0.2) is 58.6 Å². The molecule has 0 spiro atoms. The molecule has 1 heterocycles. The second-order valence-corrected chi connectivity index (χ2v) is 7.20. The number of nitrogens with one attached hydrogen (secondary N) is 2. The van der Waals surface area contributed by atoms with E-state index in [1.165, 1.54) is 11.9 Å². The molecule has 7 heteroatoms. The molecule has 0 bridgehead atoms. The van der Waals surface area contributed by atoms with Crippen LogP contribution < -0.4 is 4.83 Å². The van der Waals surface area contributed by atoms with Crippen LogP contribution in [0.4, 0.5) is 0 Å². The highest BCUT2D eigenvalue weighted by atomic mass is 32.2. The van der Waals surface area contributed by atoms with Crippen LogP contribution in [0.3, 0.4) is 0 Å². The van der Waals surface area contributed by atoms with Gasteiger partial charge in [-0.1, -0.05) is 50.3 Å². The van der Waals surface area contributed by atoms with Crippen molar-refractivity contribution in [3.8, 4) is 0 Å². The van der Waals surface area contributed by atoms with Crippen LogP contribution in [0, 0.1) is 11.3 Å². The molecule has 0 aromatic heterocycles. The summed E-state index contributed by atoms with van der Waals surface area (Å²) in [6.45, 7) is 5.18. The topological polar surface area (TPSA) is 77.8 Å². The SMILES string of the molecule is CC(C)/C=C\C(=NC=N)C1=CN(CCCC(=O)OCc2ccccc2)NS1. The van der Waals surface area contributed by atoms with Crippen LogP contribution in [0.1, 0.15) is 32.3 Å². The molecule has 2 N–H and O–H groups in total. The number of aliphatic imine (C=N–C) groups is 1. The second kappa shape index (κ2) is 11.4. The van der Waals surface area contributed by atoms with Crippen molar-refractivity contribution in [1.29, 1.82) is 5.41 Å². The summed E-state index contributed by atoms with van der Waals surface area (Å²) < 4.78 is 5.29. The van der Waals surface area contributed by atoms with Crippen LogP contribution in [-0.4, -0.2) is 29.6 Å². The summed E-state index contributed by atoms with van der Waals surface area (Å²) in [7, 11) is 0. The summed E-state index contributed by atoms with van der Waals surface area (Å²) in [4.78, 5) is 20.1. The van der Waals surface area contributed by atoms with Gasteiger partial charge in [-0.3, -0.25) is 10.2 Å². The highest BCUT2D eigenvalue weighted by Crippen LogP contribution is 2.23. The van der Waals surface area contributed by atoms with Gasteiger partial charge in [0.1, 0.15) is 12.9 Å². The number of esters is 1. The van der Waals surface area contributed by atoms with Gasteiger partial charge < -0.3 is 9.75 Å². The number of nitrogens with zero attached hydrogens (tertiary/aromatic N) is 2. The van der Waals surface area contributed by atoms with Gasteiger partial charge in [-0.05, 0) is 35.9 Å². The van der Waals surface area contributed by atoms with Gasteiger partial charge in [0, 0.05) is 19.2 Å². The van der Waals surface area contributed by atoms with Crippen LogP contribution in [0.25, 0.3) is 0 Å². The molecule has 27 heavy (non-hydrogen) atoms. The molecule has 1 aliphatic rings. The summed E-state index contributed by atoms with van der Waals surface area (Å²) in [6.07, 6.45) is 8.03. The quantitative estimate of drug-likeness (QED) is 0.274. The summed E-state index contributed by atoms with van der Waals surface area (Å²) >= 11 is 1.45. The minimum Gasteiger partial charge on any atom is -0.461 e. The van der Waals surface area contributed by atoms with Gasteiger partial charge in [-0.15, -0.1) is 0 Å². The number of carbonyl (C=O) groups is 1. The molecule has 1 aromatic rings. The third kappa shape index (κ3) is 7.80. The van der Waals surface area contributed by atoms with Gasteiger partial charge in [0.15, 0.2) is 0 Å². The number of rotatable bonds is 10. The molecule has 144 valence electrons. The maximum absolute atomic E-state index is 11.9. The normalized spacial score (nSPS) is 14.7. The highest BCUT2D eigenvalue weighted by Gasteiger charge is 2.16. The van der Waals surface area contributed by atoms with Gasteiger partial charge in [0.25, 0.3) is 0 Å². The van der Waals surface area contributed by atoms with Crippen molar-refractivity contribution in [2.75, 3.05) is 6.54 Å². The third-order valence-corrected chi connectivity index (χ3v) is 4.52. The predicted molar refractivity (Wildman–Crippen MR) is 111 cm³/mol. The molecule has 0 saturated heterocycles. The predicted octanol–water partition coefficient (Wildman–Crippen LogP) is 4.08. The molecule has 0 saturated carbocycles. The molecule has 1 aliphatic heterocycles. The number of allylic oxidation sites excluding steroid dienone is 3. The lowest BCUT2D eigenvalue weighted by Crippen LogP contribution is -2.25. The number of hydrogen-bond donors (Lipinski definition) is 2. The molecule has 0 radical (unpaired) electrons. The molecule has 0 amide bonds. The number of hydrazine groups is 1. The van der Waals surface area contributed by atoms with Crippen molar-refractivity contribution >= 4 is 30.0 Å². The first-order chi connectivity index (χ1) is 13.1. The van der Waals surface area contributed by atoms with E-state index in [1.54, 1.807) is 0 Å². The molecule has 2 rings (SSSR count). The van der Waals surface area contributed by atoms with Gasteiger partial charge in [-0.25, -0.2) is 4.99 Å². The molecule has 1 aromatic carbocycles. The van der Waals surface area contributed by atoms with Crippen LogP contribution in [0.5, 0.6) is 0 Å². The van der Waals surface area contributed by atoms with Gasteiger partial charge in [0.2, 0.25) is 0 Å². The summed E-state index contributed by atoms with van der Waals surface area (Å²) in [5, 5.41) is 9.15. The summed E-state index contributed by atoms with van der Waals surface area (Å²) in [5.74, 6) is 0.222. The van der Waals surface area contributed by atoms with E-state index in [1.807, 2.05) is 47.6 Å². The summed E-state index contributed by atoms with van der Waals surface area (Å²) in [5.41, 5.74) is 1.74. The maximum Gasteiger partial charge on any atom is 0.306 e. The van der Waals surface area contributed by atoms with Crippen molar-refractivity contribution in [3.05, 3.63) is 59.2 Å².